The molecule has 96 valence electrons. The second-order valence-corrected chi connectivity index (χ2v) is 5.13. The molecule has 0 radical (unpaired) electrons. The van der Waals surface area contributed by atoms with Crippen LogP contribution in [0.3, 0.4) is 0 Å². The molecule has 2 rings (SSSR count). The lowest BCUT2D eigenvalue weighted by atomic mass is 10.1. The van der Waals surface area contributed by atoms with Crippen molar-refractivity contribution in [2.45, 2.75) is 32.2 Å². The van der Waals surface area contributed by atoms with Crippen molar-refractivity contribution in [1.82, 2.24) is 15.5 Å². The van der Waals surface area contributed by atoms with Crippen LogP contribution >= 0.6 is 0 Å². The molecule has 5 nitrogen and oxygen atoms in total. The van der Waals surface area contributed by atoms with Gasteiger partial charge in [0.25, 0.3) is 0 Å². The van der Waals surface area contributed by atoms with Gasteiger partial charge in [-0.1, -0.05) is 6.92 Å². The molecule has 1 aliphatic carbocycles. The van der Waals surface area contributed by atoms with Gasteiger partial charge in [0.05, 0.1) is 0 Å². The molecule has 0 aromatic rings. The molecule has 0 bridgehead atoms. The van der Waals surface area contributed by atoms with E-state index in [1.165, 1.54) is 0 Å². The predicted molar refractivity (Wildman–Crippen MR) is 64.4 cm³/mol. The number of nitrogens with zero attached hydrogens (tertiary/aromatic N) is 1. The highest BCUT2D eigenvalue weighted by Crippen LogP contribution is 2.24. The Morgan fingerprint density at radius 2 is 1.94 bits per heavy atom. The zero-order valence-corrected chi connectivity index (χ0v) is 10.4. The number of hydrogen-bond acceptors (Lipinski definition) is 3. The standard InChI is InChI=1S/C12H21N3O2/c1-9-2-3-10(8-9)14-11(16)12(17)15-6-4-13-5-7-15/h9-10,13H,2-8H2,1H3,(H,14,16). The number of carbonyl (C=O) groups excluding carboxylic acids is 2. The maximum atomic E-state index is 11.9. The van der Waals surface area contributed by atoms with E-state index in [-0.39, 0.29) is 11.9 Å². The van der Waals surface area contributed by atoms with Crippen LogP contribution in [0.25, 0.3) is 0 Å². The predicted octanol–water partition coefficient (Wildman–Crippen LogP) is -0.277. The lowest BCUT2D eigenvalue weighted by Gasteiger charge is -2.27. The van der Waals surface area contributed by atoms with E-state index in [1.54, 1.807) is 4.90 Å². The molecule has 0 aromatic heterocycles. The van der Waals surface area contributed by atoms with Gasteiger partial charge in [-0.15, -0.1) is 0 Å². The van der Waals surface area contributed by atoms with Gasteiger partial charge in [0.15, 0.2) is 0 Å². The second kappa shape index (κ2) is 5.49. The van der Waals surface area contributed by atoms with Crippen molar-refractivity contribution in [2.24, 2.45) is 5.92 Å². The van der Waals surface area contributed by atoms with E-state index in [0.29, 0.717) is 19.0 Å². The topological polar surface area (TPSA) is 61.4 Å². The van der Waals surface area contributed by atoms with Crippen LogP contribution < -0.4 is 10.6 Å². The Balaban J connectivity index is 1.80. The highest BCUT2D eigenvalue weighted by atomic mass is 16.2. The molecule has 2 unspecified atom stereocenters. The number of amides is 2. The summed E-state index contributed by atoms with van der Waals surface area (Å²) in [6.45, 7) is 5.00. The maximum Gasteiger partial charge on any atom is 0.311 e. The Labute approximate surface area is 102 Å². The molecular formula is C12H21N3O2. The average molecular weight is 239 g/mol. The van der Waals surface area contributed by atoms with Crippen molar-refractivity contribution < 1.29 is 9.59 Å². The van der Waals surface area contributed by atoms with Crippen LogP contribution in [0.15, 0.2) is 0 Å². The van der Waals surface area contributed by atoms with Gasteiger partial charge in [-0.25, -0.2) is 0 Å². The Hall–Kier alpha value is -1.10. The van der Waals surface area contributed by atoms with E-state index >= 15 is 0 Å². The Morgan fingerprint density at radius 3 is 2.53 bits per heavy atom. The summed E-state index contributed by atoms with van der Waals surface area (Å²) in [6.07, 6.45) is 3.15. The van der Waals surface area contributed by atoms with E-state index in [2.05, 4.69) is 17.6 Å². The van der Waals surface area contributed by atoms with Gasteiger partial charge >= 0.3 is 11.8 Å². The van der Waals surface area contributed by atoms with Gasteiger partial charge < -0.3 is 15.5 Å². The van der Waals surface area contributed by atoms with Crippen molar-refractivity contribution in [3.05, 3.63) is 0 Å². The van der Waals surface area contributed by atoms with Crippen molar-refractivity contribution in [2.75, 3.05) is 26.2 Å². The zero-order valence-electron chi connectivity index (χ0n) is 10.4. The molecule has 1 saturated carbocycles. The molecule has 2 aliphatic rings. The first-order chi connectivity index (χ1) is 8.16. The summed E-state index contributed by atoms with van der Waals surface area (Å²) in [4.78, 5) is 25.3. The number of carbonyl (C=O) groups is 2. The first-order valence-corrected chi connectivity index (χ1v) is 6.47. The van der Waals surface area contributed by atoms with Crippen molar-refractivity contribution in [3.8, 4) is 0 Å². The minimum Gasteiger partial charge on any atom is -0.345 e. The van der Waals surface area contributed by atoms with E-state index < -0.39 is 5.91 Å². The molecule has 2 N–H and O–H groups in total. The van der Waals surface area contributed by atoms with Crippen LogP contribution in [0.2, 0.25) is 0 Å². The van der Waals surface area contributed by atoms with Crippen LogP contribution in [0.4, 0.5) is 0 Å². The molecule has 1 aliphatic heterocycles. The number of piperazine rings is 1. The minimum atomic E-state index is -0.425. The smallest absolute Gasteiger partial charge is 0.311 e. The first-order valence-electron chi connectivity index (χ1n) is 6.47. The number of nitrogens with one attached hydrogen (secondary N) is 2. The van der Waals surface area contributed by atoms with Crippen molar-refractivity contribution in [1.29, 1.82) is 0 Å². The lowest BCUT2D eigenvalue weighted by Crippen LogP contribution is -2.52. The summed E-state index contributed by atoms with van der Waals surface area (Å²) in [5.74, 6) is -0.133. The maximum absolute atomic E-state index is 11.9. The monoisotopic (exact) mass is 239 g/mol. The molecule has 5 heteroatoms. The average Bonchev–Trinajstić information content (AvgIpc) is 2.75. The minimum absolute atomic E-state index is 0.198. The van der Waals surface area contributed by atoms with Crippen molar-refractivity contribution in [3.63, 3.8) is 0 Å². The lowest BCUT2D eigenvalue weighted by molar-refractivity contribution is -0.146. The third-order valence-electron chi connectivity index (χ3n) is 3.63. The van der Waals surface area contributed by atoms with Crippen LogP contribution in [-0.4, -0.2) is 48.9 Å². The van der Waals surface area contributed by atoms with Gasteiger partial charge in [-0.2, -0.15) is 0 Å². The third kappa shape index (κ3) is 3.19. The molecule has 0 spiro atoms. The molecule has 17 heavy (non-hydrogen) atoms. The van der Waals surface area contributed by atoms with Gasteiger partial charge in [0.2, 0.25) is 0 Å². The fourth-order valence-corrected chi connectivity index (χ4v) is 2.60. The van der Waals surface area contributed by atoms with E-state index in [0.717, 1.165) is 32.4 Å². The van der Waals surface area contributed by atoms with E-state index in [4.69, 9.17) is 0 Å². The quantitative estimate of drug-likeness (QED) is 0.619. The molecule has 2 atom stereocenters. The first kappa shape index (κ1) is 12.4. The van der Waals surface area contributed by atoms with Gasteiger partial charge in [0, 0.05) is 32.2 Å². The molecular weight excluding hydrogens is 218 g/mol. The molecule has 1 heterocycles. The van der Waals surface area contributed by atoms with Crippen LogP contribution in [-0.2, 0) is 9.59 Å². The zero-order chi connectivity index (χ0) is 12.3. The molecule has 2 fully saturated rings. The Kier molecular flexibility index (Phi) is 3.99. The Morgan fingerprint density at radius 1 is 1.24 bits per heavy atom. The summed E-state index contributed by atoms with van der Waals surface area (Å²) in [6, 6.07) is 0.198. The molecule has 1 saturated heterocycles. The summed E-state index contributed by atoms with van der Waals surface area (Å²) >= 11 is 0. The van der Waals surface area contributed by atoms with Crippen molar-refractivity contribution >= 4 is 11.8 Å². The summed E-state index contributed by atoms with van der Waals surface area (Å²) in [7, 11) is 0. The molecule has 0 aromatic carbocycles. The second-order valence-electron chi connectivity index (χ2n) is 5.13. The SMILES string of the molecule is CC1CCC(NC(=O)C(=O)N2CCNCC2)C1. The van der Waals surface area contributed by atoms with Gasteiger partial charge in [-0.3, -0.25) is 9.59 Å². The summed E-state index contributed by atoms with van der Waals surface area (Å²) in [5.41, 5.74) is 0. The highest BCUT2D eigenvalue weighted by Gasteiger charge is 2.28. The van der Waals surface area contributed by atoms with E-state index in [1.807, 2.05) is 0 Å². The van der Waals surface area contributed by atoms with Gasteiger partial charge in [0.1, 0.15) is 0 Å². The van der Waals surface area contributed by atoms with Crippen LogP contribution in [0.5, 0.6) is 0 Å². The number of hydrogen-bond donors (Lipinski definition) is 2. The largest absolute Gasteiger partial charge is 0.345 e. The summed E-state index contributed by atoms with van der Waals surface area (Å²) in [5, 5.41) is 6.02. The van der Waals surface area contributed by atoms with Gasteiger partial charge in [-0.05, 0) is 25.2 Å². The van der Waals surface area contributed by atoms with Crippen LogP contribution in [0, 0.1) is 5.92 Å². The third-order valence-corrected chi connectivity index (χ3v) is 3.63. The molecule has 2 amide bonds. The number of rotatable bonds is 1. The van der Waals surface area contributed by atoms with E-state index in [9.17, 15) is 9.59 Å². The highest BCUT2D eigenvalue weighted by molar-refractivity contribution is 6.35. The fourth-order valence-electron chi connectivity index (χ4n) is 2.60. The fraction of sp³-hybridized carbons (Fsp3) is 0.833. The summed E-state index contributed by atoms with van der Waals surface area (Å²) < 4.78 is 0. The normalized spacial score (nSPS) is 29.1. The van der Waals surface area contributed by atoms with Crippen LogP contribution in [0.1, 0.15) is 26.2 Å². The Bertz CT molecular complexity index is 300.